The molecule has 2 heterocycles. The maximum absolute atomic E-state index is 11.3. The highest BCUT2D eigenvalue weighted by molar-refractivity contribution is 5.96. The molecule has 1 amide bonds. The molecule has 21 heavy (non-hydrogen) atoms. The number of fused-ring (bicyclic) bond motifs is 1. The lowest BCUT2D eigenvalue weighted by molar-refractivity contribution is -0.118. The number of aryl methyl sites for hydroxylation is 2. The quantitative estimate of drug-likeness (QED) is 0.901. The van der Waals surface area contributed by atoms with Crippen LogP contribution in [0.5, 0.6) is 5.75 Å². The van der Waals surface area contributed by atoms with Gasteiger partial charge in [0, 0.05) is 31.0 Å². The number of hydrogen-bond acceptors (Lipinski definition) is 4. The third kappa shape index (κ3) is 2.84. The van der Waals surface area contributed by atoms with Crippen molar-refractivity contribution in [3.63, 3.8) is 0 Å². The maximum atomic E-state index is 11.3. The molecule has 6 heteroatoms. The van der Waals surface area contributed by atoms with Gasteiger partial charge in [-0.2, -0.15) is 5.10 Å². The van der Waals surface area contributed by atoms with Crippen LogP contribution in [0.2, 0.25) is 0 Å². The predicted molar refractivity (Wildman–Crippen MR) is 80.5 cm³/mol. The van der Waals surface area contributed by atoms with Gasteiger partial charge in [-0.15, -0.1) is 0 Å². The first kappa shape index (κ1) is 13.5. The lowest BCUT2D eigenvalue weighted by Gasteiger charge is -2.18. The summed E-state index contributed by atoms with van der Waals surface area (Å²) in [5.74, 6) is 0.580. The normalized spacial score (nSPS) is 13.3. The molecule has 0 saturated heterocycles. The minimum absolute atomic E-state index is 0.0787. The van der Waals surface area contributed by atoms with Crippen LogP contribution >= 0.6 is 0 Å². The van der Waals surface area contributed by atoms with E-state index < -0.39 is 0 Å². The van der Waals surface area contributed by atoms with E-state index in [9.17, 15) is 4.79 Å². The van der Waals surface area contributed by atoms with Crippen LogP contribution in [-0.2, 0) is 24.8 Å². The second kappa shape index (κ2) is 5.47. The van der Waals surface area contributed by atoms with E-state index in [2.05, 4.69) is 22.7 Å². The second-order valence-corrected chi connectivity index (χ2v) is 5.03. The molecule has 110 valence electrons. The first-order valence-electron chi connectivity index (χ1n) is 6.97. The fourth-order valence-corrected chi connectivity index (χ4v) is 2.42. The number of carbonyl (C=O) groups is 1. The number of nitrogens with zero attached hydrogens (tertiary/aromatic N) is 2. The van der Waals surface area contributed by atoms with E-state index in [1.807, 2.05) is 36.1 Å². The summed E-state index contributed by atoms with van der Waals surface area (Å²) in [5.41, 5.74) is 3.92. The molecule has 2 N–H and O–H groups in total. The molecular weight excluding hydrogens is 268 g/mol. The highest BCUT2D eigenvalue weighted by Crippen LogP contribution is 2.30. The molecule has 0 fully saturated rings. The lowest BCUT2D eigenvalue weighted by atomic mass is 10.2. The van der Waals surface area contributed by atoms with E-state index in [4.69, 9.17) is 4.74 Å². The number of nitrogens with one attached hydrogen (secondary N) is 2. The molecular formula is C15H18N4O2. The molecule has 0 radical (unpaired) electrons. The minimum atomic E-state index is -0.125. The minimum Gasteiger partial charge on any atom is -0.482 e. The van der Waals surface area contributed by atoms with Crippen molar-refractivity contribution in [1.29, 1.82) is 0 Å². The summed E-state index contributed by atoms with van der Waals surface area (Å²) in [6.45, 7) is 2.87. The Kier molecular flexibility index (Phi) is 3.51. The molecule has 2 aromatic rings. The van der Waals surface area contributed by atoms with Crippen LogP contribution in [-0.4, -0.2) is 22.3 Å². The van der Waals surface area contributed by atoms with Gasteiger partial charge in [0.05, 0.1) is 11.4 Å². The Bertz CT molecular complexity index is 678. The molecule has 0 bridgehead atoms. The number of aromatic nitrogens is 2. The Labute approximate surface area is 123 Å². The predicted octanol–water partition coefficient (Wildman–Crippen LogP) is 1.93. The number of benzene rings is 1. The monoisotopic (exact) mass is 286 g/mol. The van der Waals surface area contributed by atoms with E-state index in [1.165, 1.54) is 5.56 Å². The van der Waals surface area contributed by atoms with E-state index in [0.29, 0.717) is 18.0 Å². The van der Waals surface area contributed by atoms with Crippen LogP contribution in [0.1, 0.15) is 18.2 Å². The Balaban J connectivity index is 1.73. The maximum Gasteiger partial charge on any atom is 0.262 e. The molecule has 0 unspecified atom stereocenters. The highest BCUT2D eigenvalue weighted by atomic mass is 16.5. The van der Waals surface area contributed by atoms with Crippen LogP contribution < -0.4 is 15.4 Å². The van der Waals surface area contributed by atoms with E-state index >= 15 is 0 Å². The van der Waals surface area contributed by atoms with Crippen LogP contribution in [0.25, 0.3) is 0 Å². The Morgan fingerprint density at radius 2 is 2.33 bits per heavy atom. The van der Waals surface area contributed by atoms with Crippen molar-refractivity contribution in [3.8, 4) is 5.75 Å². The molecule has 6 nitrogen and oxygen atoms in total. The van der Waals surface area contributed by atoms with Gasteiger partial charge in [0.2, 0.25) is 0 Å². The van der Waals surface area contributed by atoms with Crippen LogP contribution in [0.4, 0.5) is 11.4 Å². The van der Waals surface area contributed by atoms with Gasteiger partial charge in [-0.3, -0.25) is 9.48 Å². The fourth-order valence-electron chi connectivity index (χ4n) is 2.42. The van der Waals surface area contributed by atoms with Gasteiger partial charge in [-0.25, -0.2) is 0 Å². The molecule has 0 atom stereocenters. The Hall–Kier alpha value is -2.50. The standard InChI is InChI=1S/C15H18N4O2/c1-3-12-10(8-19(2)18-12)7-16-11-4-5-14-13(6-11)17-15(20)9-21-14/h4-6,8,16H,3,7,9H2,1-2H3,(H,17,20). The zero-order valence-corrected chi connectivity index (χ0v) is 12.1. The van der Waals surface area contributed by atoms with Crippen molar-refractivity contribution in [2.75, 3.05) is 17.2 Å². The number of amides is 1. The van der Waals surface area contributed by atoms with Gasteiger partial charge >= 0.3 is 0 Å². The van der Waals surface area contributed by atoms with Gasteiger partial charge in [0.25, 0.3) is 5.91 Å². The molecule has 0 aliphatic carbocycles. The summed E-state index contributed by atoms with van der Waals surface area (Å²) in [6, 6.07) is 5.69. The van der Waals surface area contributed by atoms with Gasteiger partial charge in [-0.1, -0.05) is 6.92 Å². The number of carbonyl (C=O) groups excluding carboxylic acids is 1. The third-order valence-electron chi connectivity index (χ3n) is 3.42. The molecule has 1 aromatic heterocycles. The number of hydrogen-bond donors (Lipinski definition) is 2. The molecule has 1 aromatic carbocycles. The van der Waals surface area contributed by atoms with Crippen molar-refractivity contribution in [2.45, 2.75) is 19.9 Å². The van der Waals surface area contributed by atoms with E-state index in [-0.39, 0.29) is 12.5 Å². The van der Waals surface area contributed by atoms with Crippen molar-refractivity contribution >= 4 is 17.3 Å². The van der Waals surface area contributed by atoms with Crippen LogP contribution in [0.15, 0.2) is 24.4 Å². The summed E-state index contributed by atoms with van der Waals surface area (Å²) in [5, 5.41) is 10.6. The first-order valence-corrected chi connectivity index (χ1v) is 6.97. The Morgan fingerprint density at radius 1 is 1.48 bits per heavy atom. The van der Waals surface area contributed by atoms with Crippen molar-refractivity contribution in [1.82, 2.24) is 9.78 Å². The summed E-state index contributed by atoms with van der Waals surface area (Å²) >= 11 is 0. The van der Waals surface area contributed by atoms with Crippen LogP contribution in [0, 0.1) is 0 Å². The topological polar surface area (TPSA) is 68.2 Å². The average molecular weight is 286 g/mol. The molecule has 1 aliphatic heterocycles. The number of rotatable bonds is 4. The summed E-state index contributed by atoms with van der Waals surface area (Å²) < 4.78 is 7.17. The van der Waals surface area contributed by atoms with Gasteiger partial charge in [0.1, 0.15) is 5.75 Å². The number of anilines is 2. The SMILES string of the molecule is CCc1nn(C)cc1CNc1ccc2c(c1)NC(=O)CO2. The molecule has 0 saturated carbocycles. The Morgan fingerprint density at radius 3 is 3.14 bits per heavy atom. The van der Waals surface area contributed by atoms with E-state index in [0.717, 1.165) is 17.8 Å². The smallest absolute Gasteiger partial charge is 0.262 e. The summed E-state index contributed by atoms with van der Waals surface area (Å²) in [7, 11) is 1.93. The number of ether oxygens (including phenoxy) is 1. The largest absolute Gasteiger partial charge is 0.482 e. The van der Waals surface area contributed by atoms with E-state index in [1.54, 1.807) is 0 Å². The molecule has 0 spiro atoms. The summed E-state index contributed by atoms with van der Waals surface area (Å²) in [4.78, 5) is 11.3. The third-order valence-corrected chi connectivity index (χ3v) is 3.42. The first-order chi connectivity index (χ1) is 10.2. The molecule has 3 rings (SSSR count). The van der Waals surface area contributed by atoms with Crippen molar-refractivity contribution < 1.29 is 9.53 Å². The van der Waals surface area contributed by atoms with Crippen LogP contribution in [0.3, 0.4) is 0 Å². The molecule has 1 aliphatic rings. The highest BCUT2D eigenvalue weighted by Gasteiger charge is 2.16. The summed E-state index contributed by atoms with van der Waals surface area (Å²) in [6.07, 6.45) is 2.93. The van der Waals surface area contributed by atoms with Crippen molar-refractivity contribution in [2.24, 2.45) is 7.05 Å². The van der Waals surface area contributed by atoms with Crippen molar-refractivity contribution in [3.05, 3.63) is 35.7 Å². The van der Waals surface area contributed by atoms with Gasteiger partial charge in [-0.05, 0) is 24.6 Å². The fraction of sp³-hybridized carbons (Fsp3) is 0.333. The zero-order valence-electron chi connectivity index (χ0n) is 12.1. The zero-order chi connectivity index (χ0) is 14.8. The van der Waals surface area contributed by atoms with Gasteiger partial charge in [0.15, 0.2) is 6.61 Å². The average Bonchev–Trinajstić information content (AvgIpc) is 2.84. The second-order valence-electron chi connectivity index (χ2n) is 5.03. The lowest BCUT2D eigenvalue weighted by Crippen LogP contribution is -2.25. The van der Waals surface area contributed by atoms with Gasteiger partial charge < -0.3 is 15.4 Å².